The van der Waals surface area contributed by atoms with Gasteiger partial charge < -0.3 is 4.90 Å². The van der Waals surface area contributed by atoms with E-state index < -0.39 is 0 Å². The molecule has 2 heterocycles. The SMILES string of the molecule is CCc1cnc(C2=CCN(C)CC2)c(Cl)c1. The van der Waals surface area contributed by atoms with Gasteiger partial charge in [0.15, 0.2) is 0 Å². The predicted octanol–water partition coefficient (Wildman–Crippen LogP) is 3.02. The van der Waals surface area contributed by atoms with Crippen LogP contribution >= 0.6 is 11.6 Å². The highest BCUT2D eigenvalue weighted by Gasteiger charge is 2.13. The molecule has 86 valence electrons. The van der Waals surface area contributed by atoms with Gasteiger partial charge in [0.2, 0.25) is 0 Å². The zero-order chi connectivity index (χ0) is 11.5. The molecule has 0 fully saturated rings. The molecule has 0 atom stereocenters. The summed E-state index contributed by atoms with van der Waals surface area (Å²) in [6.45, 7) is 4.18. The lowest BCUT2D eigenvalue weighted by Gasteiger charge is -2.22. The molecule has 16 heavy (non-hydrogen) atoms. The standard InChI is InChI=1S/C13H17ClN2/c1-3-10-8-12(14)13(15-9-10)11-4-6-16(2)7-5-11/h4,8-9H,3,5-7H2,1-2H3. The van der Waals surface area contributed by atoms with Gasteiger partial charge in [0.25, 0.3) is 0 Å². The van der Waals surface area contributed by atoms with Gasteiger partial charge in [-0.05, 0) is 37.1 Å². The van der Waals surface area contributed by atoms with Crippen LogP contribution in [-0.4, -0.2) is 30.0 Å². The van der Waals surface area contributed by atoms with Crippen molar-refractivity contribution in [3.8, 4) is 0 Å². The summed E-state index contributed by atoms with van der Waals surface area (Å²) in [6.07, 6.45) is 6.17. The molecule has 0 aromatic carbocycles. The van der Waals surface area contributed by atoms with Crippen LogP contribution in [0.2, 0.25) is 5.02 Å². The maximum atomic E-state index is 6.26. The van der Waals surface area contributed by atoms with E-state index in [1.165, 1.54) is 11.1 Å². The van der Waals surface area contributed by atoms with Gasteiger partial charge in [0.1, 0.15) is 0 Å². The van der Waals surface area contributed by atoms with Gasteiger partial charge >= 0.3 is 0 Å². The quantitative estimate of drug-likeness (QED) is 0.785. The van der Waals surface area contributed by atoms with Crippen molar-refractivity contribution in [2.24, 2.45) is 0 Å². The zero-order valence-corrected chi connectivity index (χ0v) is 10.6. The number of aryl methyl sites for hydroxylation is 1. The van der Waals surface area contributed by atoms with Gasteiger partial charge in [-0.15, -0.1) is 0 Å². The summed E-state index contributed by atoms with van der Waals surface area (Å²) in [5, 5.41) is 0.787. The second-order valence-electron chi connectivity index (χ2n) is 4.27. The fourth-order valence-electron chi connectivity index (χ4n) is 1.89. The molecule has 3 heteroatoms. The molecular weight excluding hydrogens is 220 g/mol. The van der Waals surface area contributed by atoms with Crippen molar-refractivity contribution >= 4 is 17.2 Å². The number of hydrogen-bond donors (Lipinski definition) is 0. The highest BCUT2D eigenvalue weighted by molar-refractivity contribution is 6.32. The molecule has 1 aromatic rings. The first-order valence-corrected chi connectivity index (χ1v) is 6.11. The Labute approximate surface area is 102 Å². The second-order valence-corrected chi connectivity index (χ2v) is 4.68. The molecule has 1 aromatic heterocycles. The van der Waals surface area contributed by atoms with E-state index in [0.717, 1.165) is 36.6 Å². The summed E-state index contributed by atoms with van der Waals surface area (Å²) in [6, 6.07) is 2.03. The summed E-state index contributed by atoms with van der Waals surface area (Å²) < 4.78 is 0. The minimum absolute atomic E-state index is 0.787. The van der Waals surface area contributed by atoms with E-state index in [4.69, 9.17) is 11.6 Å². The molecule has 0 aliphatic carbocycles. The summed E-state index contributed by atoms with van der Waals surface area (Å²) in [5.74, 6) is 0. The van der Waals surface area contributed by atoms with Crippen LogP contribution in [0.4, 0.5) is 0 Å². The molecule has 0 saturated carbocycles. The number of hydrogen-bond acceptors (Lipinski definition) is 2. The number of pyridine rings is 1. The number of halogens is 1. The lowest BCUT2D eigenvalue weighted by atomic mass is 10.0. The first kappa shape index (κ1) is 11.6. The molecule has 1 aliphatic rings. The van der Waals surface area contributed by atoms with E-state index >= 15 is 0 Å². The summed E-state index contributed by atoms with van der Waals surface area (Å²) >= 11 is 6.26. The molecule has 0 saturated heterocycles. The number of aromatic nitrogens is 1. The Balaban J connectivity index is 2.27. The second kappa shape index (κ2) is 4.98. The molecule has 0 bridgehead atoms. The summed E-state index contributed by atoms with van der Waals surface area (Å²) in [5.41, 5.74) is 3.44. The Hall–Kier alpha value is -0.860. The third-order valence-corrected chi connectivity index (χ3v) is 3.31. The molecule has 0 unspecified atom stereocenters. The normalized spacial score (nSPS) is 17.3. The van der Waals surface area contributed by atoms with Crippen LogP contribution in [0.15, 0.2) is 18.3 Å². The molecule has 0 spiro atoms. The molecule has 0 radical (unpaired) electrons. The monoisotopic (exact) mass is 236 g/mol. The van der Waals surface area contributed by atoms with Crippen molar-refractivity contribution < 1.29 is 0 Å². The number of nitrogens with zero attached hydrogens (tertiary/aromatic N) is 2. The molecule has 1 aliphatic heterocycles. The minimum Gasteiger partial charge on any atom is -0.302 e. The van der Waals surface area contributed by atoms with E-state index in [2.05, 4.69) is 29.9 Å². The molecular formula is C13H17ClN2. The fourth-order valence-corrected chi connectivity index (χ4v) is 2.20. The lowest BCUT2D eigenvalue weighted by Crippen LogP contribution is -2.23. The average molecular weight is 237 g/mol. The van der Waals surface area contributed by atoms with Crippen LogP contribution in [0.5, 0.6) is 0 Å². The van der Waals surface area contributed by atoms with Crippen molar-refractivity contribution in [3.05, 3.63) is 34.6 Å². The number of likely N-dealkylation sites (N-methyl/N-ethyl adjacent to an activating group) is 1. The van der Waals surface area contributed by atoms with E-state index in [1.807, 2.05) is 12.3 Å². The number of rotatable bonds is 2. The highest BCUT2D eigenvalue weighted by atomic mass is 35.5. The van der Waals surface area contributed by atoms with Crippen LogP contribution in [0, 0.1) is 0 Å². The van der Waals surface area contributed by atoms with E-state index in [1.54, 1.807) is 0 Å². The van der Waals surface area contributed by atoms with E-state index in [9.17, 15) is 0 Å². The van der Waals surface area contributed by atoms with Crippen molar-refractivity contribution in [3.63, 3.8) is 0 Å². The Bertz CT molecular complexity index is 412. The van der Waals surface area contributed by atoms with Gasteiger partial charge in [-0.25, -0.2) is 0 Å². The van der Waals surface area contributed by atoms with Crippen molar-refractivity contribution in [2.45, 2.75) is 19.8 Å². The van der Waals surface area contributed by atoms with Crippen LogP contribution in [0.25, 0.3) is 5.57 Å². The van der Waals surface area contributed by atoms with Gasteiger partial charge in [-0.1, -0.05) is 24.6 Å². The molecule has 2 nitrogen and oxygen atoms in total. The zero-order valence-electron chi connectivity index (χ0n) is 9.83. The fraction of sp³-hybridized carbons (Fsp3) is 0.462. The van der Waals surface area contributed by atoms with Gasteiger partial charge in [0, 0.05) is 19.3 Å². The molecule has 0 amide bonds. The third-order valence-electron chi connectivity index (χ3n) is 3.02. The van der Waals surface area contributed by atoms with Crippen molar-refractivity contribution in [2.75, 3.05) is 20.1 Å². The predicted molar refractivity (Wildman–Crippen MR) is 68.7 cm³/mol. The topological polar surface area (TPSA) is 16.1 Å². The van der Waals surface area contributed by atoms with Gasteiger partial charge in [0.05, 0.1) is 10.7 Å². The molecule has 2 rings (SSSR count). The maximum Gasteiger partial charge on any atom is 0.0845 e. The summed E-state index contributed by atoms with van der Waals surface area (Å²) in [7, 11) is 2.13. The van der Waals surface area contributed by atoms with Crippen LogP contribution in [0.1, 0.15) is 24.6 Å². The lowest BCUT2D eigenvalue weighted by molar-refractivity contribution is 0.370. The van der Waals surface area contributed by atoms with E-state index in [0.29, 0.717) is 0 Å². The largest absolute Gasteiger partial charge is 0.302 e. The Morgan fingerprint density at radius 1 is 1.50 bits per heavy atom. The van der Waals surface area contributed by atoms with Crippen molar-refractivity contribution in [1.82, 2.24) is 9.88 Å². The van der Waals surface area contributed by atoms with Crippen molar-refractivity contribution in [1.29, 1.82) is 0 Å². The maximum absolute atomic E-state index is 6.26. The van der Waals surface area contributed by atoms with Crippen LogP contribution in [0.3, 0.4) is 0 Å². The first-order chi connectivity index (χ1) is 7.70. The highest BCUT2D eigenvalue weighted by Crippen LogP contribution is 2.27. The Kier molecular flexibility index (Phi) is 3.62. The van der Waals surface area contributed by atoms with Gasteiger partial charge in [-0.2, -0.15) is 0 Å². The third kappa shape index (κ3) is 2.45. The Morgan fingerprint density at radius 2 is 2.31 bits per heavy atom. The van der Waals surface area contributed by atoms with Gasteiger partial charge in [-0.3, -0.25) is 4.98 Å². The minimum atomic E-state index is 0.787. The summed E-state index contributed by atoms with van der Waals surface area (Å²) in [4.78, 5) is 6.77. The molecule has 0 N–H and O–H groups in total. The Morgan fingerprint density at radius 3 is 2.88 bits per heavy atom. The first-order valence-electron chi connectivity index (χ1n) is 5.73. The van der Waals surface area contributed by atoms with E-state index in [-0.39, 0.29) is 0 Å². The van der Waals surface area contributed by atoms with Crippen LogP contribution < -0.4 is 0 Å². The average Bonchev–Trinajstić information content (AvgIpc) is 2.30. The smallest absolute Gasteiger partial charge is 0.0845 e. The van der Waals surface area contributed by atoms with Crippen LogP contribution in [-0.2, 0) is 6.42 Å².